The summed E-state index contributed by atoms with van der Waals surface area (Å²) in [5.41, 5.74) is 3.28. The lowest BCUT2D eigenvalue weighted by Gasteiger charge is -2.22. The predicted molar refractivity (Wildman–Crippen MR) is 139 cm³/mol. The lowest BCUT2D eigenvalue weighted by atomic mass is 9.95. The van der Waals surface area contributed by atoms with Crippen LogP contribution in [0, 0.1) is 0 Å². The molecular weight excluding hydrogens is 507 g/mol. The van der Waals surface area contributed by atoms with Crippen molar-refractivity contribution in [2.45, 2.75) is 48.8 Å². The van der Waals surface area contributed by atoms with E-state index in [9.17, 15) is 13.2 Å². The third-order valence-corrected chi connectivity index (χ3v) is 12.0. The number of thiazole rings is 1. The number of anilines is 1. The van der Waals surface area contributed by atoms with Gasteiger partial charge in [0.1, 0.15) is 20.3 Å². The quantitative estimate of drug-likeness (QED) is 0.357. The predicted octanol–water partition coefficient (Wildman–Crippen LogP) is 5.76. The molecule has 6 nitrogen and oxygen atoms in total. The fraction of sp³-hybridized carbons (Fsp3) is 0.333. The Morgan fingerprint density at radius 2 is 1.91 bits per heavy atom. The van der Waals surface area contributed by atoms with E-state index in [2.05, 4.69) is 11.4 Å². The Hall–Kier alpha value is -2.11. The number of aromatic nitrogens is 1. The van der Waals surface area contributed by atoms with Crippen LogP contribution in [0.25, 0.3) is 20.8 Å². The van der Waals surface area contributed by atoms with Gasteiger partial charge in [0.25, 0.3) is 10.0 Å². The Labute approximate surface area is 210 Å². The first kappa shape index (κ1) is 22.4. The summed E-state index contributed by atoms with van der Waals surface area (Å²) < 4.78 is 29.1. The number of hydrogen-bond acceptors (Lipinski definition) is 7. The molecule has 0 unspecified atom stereocenters. The number of para-hydroxylation sites is 1. The van der Waals surface area contributed by atoms with Crippen molar-refractivity contribution in [2.24, 2.45) is 0 Å². The van der Waals surface area contributed by atoms with Crippen LogP contribution in [0.3, 0.4) is 0 Å². The zero-order valence-electron chi connectivity index (χ0n) is 18.3. The lowest BCUT2D eigenvalue weighted by molar-refractivity contribution is -0.119. The Balaban J connectivity index is 1.35. The average molecular weight is 530 g/mol. The van der Waals surface area contributed by atoms with Gasteiger partial charge in [-0.05, 0) is 67.7 Å². The summed E-state index contributed by atoms with van der Waals surface area (Å²) in [6.45, 7) is 0.365. The highest BCUT2D eigenvalue weighted by Gasteiger charge is 2.40. The van der Waals surface area contributed by atoms with Gasteiger partial charge in [0.2, 0.25) is 5.91 Å². The summed E-state index contributed by atoms with van der Waals surface area (Å²) in [7, 11) is -3.68. The standard InChI is InChI=1S/C24H23N3O3S4/c28-22(17-9-5-13-27(17)34(29,30)20-12-6-14-31-20)26-24-21(15-7-1-3-10-18(15)32-24)23-25-16-8-2-4-11-19(16)33-23/h2,4,6,8,11-12,14,17H,1,3,5,7,9-10,13H2,(H,26,28)/t17-/m0/s1. The summed E-state index contributed by atoms with van der Waals surface area (Å²) in [4.78, 5) is 19.7. The summed E-state index contributed by atoms with van der Waals surface area (Å²) >= 11 is 4.46. The second-order valence-electron chi connectivity index (χ2n) is 8.60. The molecule has 1 aliphatic heterocycles. The lowest BCUT2D eigenvalue weighted by Crippen LogP contribution is -2.42. The minimum atomic E-state index is -3.68. The molecule has 4 heterocycles. The van der Waals surface area contributed by atoms with Crippen LogP contribution in [-0.2, 0) is 27.7 Å². The number of aryl methyl sites for hydroxylation is 1. The van der Waals surface area contributed by atoms with Crippen LogP contribution in [0.5, 0.6) is 0 Å². The molecule has 0 saturated carbocycles. The second kappa shape index (κ2) is 8.83. The zero-order chi connectivity index (χ0) is 23.3. The number of hydrogen-bond donors (Lipinski definition) is 1. The molecule has 2 aliphatic rings. The molecule has 0 radical (unpaired) electrons. The maximum atomic E-state index is 13.5. The highest BCUT2D eigenvalue weighted by atomic mass is 32.2. The Bertz CT molecular complexity index is 1440. The number of fused-ring (bicyclic) bond motifs is 2. The van der Waals surface area contributed by atoms with Gasteiger partial charge in [0.15, 0.2) is 0 Å². The second-order valence-corrected chi connectivity index (χ2v) is 13.8. The van der Waals surface area contributed by atoms with Gasteiger partial charge in [-0.3, -0.25) is 4.79 Å². The Kier molecular flexibility index (Phi) is 5.81. The van der Waals surface area contributed by atoms with Crippen LogP contribution in [-0.4, -0.2) is 36.2 Å². The maximum Gasteiger partial charge on any atom is 0.253 e. The van der Waals surface area contributed by atoms with E-state index in [1.807, 2.05) is 18.2 Å². The van der Waals surface area contributed by atoms with Gasteiger partial charge < -0.3 is 5.32 Å². The molecule has 1 saturated heterocycles. The van der Waals surface area contributed by atoms with E-state index in [1.165, 1.54) is 26.1 Å². The van der Waals surface area contributed by atoms with Crippen LogP contribution in [0.15, 0.2) is 46.0 Å². The first-order valence-corrected chi connectivity index (χ1v) is 15.3. The highest BCUT2D eigenvalue weighted by Crippen LogP contribution is 2.46. The van der Waals surface area contributed by atoms with Crippen molar-refractivity contribution in [1.82, 2.24) is 9.29 Å². The summed E-state index contributed by atoms with van der Waals surface area (Å²) in [6.07, 6.45) is 5.47. The topological polar surface area (TPSA) is 79.4 Å². The fourth-order valence-electron chi connectivity index (χ4n) is 4.87. The Morgan fingerprint density at radius 1 is 1.06 bits per heavy atom. The number of sulfonamides is 1. The average Bonchev–Trinajstić information content (AvgIpc) is 3.63. The first-order chi connectivity index (χ1) is 16.5. The van der Waals surface area contributed by atoms with E-state index in [4.69, 9.17) is 4.98 Å². The van der Waals surface area contributed by atoms with Gasteiger partial charge in [-0.2, -0.15) is 4.31 Å². The number of nitrogens with one attached hydrogen (secondary N) is 1. The van der Waals surface area contributed by atoms with Crippen LogP contribution < -0.4 is 5.32 Å². The van der Waals surface area contributed by atoms with Gasteiger partial charge >= 0.3 is 0 Å². The normalized spacial score (nSPS) is 18.9. The molecule has 0 spiro atoms. The number of rotatable bonds is 5. The maximum absolute atomic E-state index is 13.5. The molecule has 34 heavy (non-hydrogen) atoms. The number of carbonyl (C=O) groups is 1. The van der Waals surface area contributed by atoms with E-state index < -0.39 is 16.1 Å². The third-order valence-electron chi connectivity index (χ3n) is 6.48. The minimum Gasteiger partial charge on any atom is -0.316 e. The smallest absolute Gasteiger partial charge is 0.253 e. The molecule has 1 amide bonds. The zero-order valence-corrected chi connectivity index (χ0v) is 21.6. The van der Waals surface area contributed by atoms with Gasteiger partial charge in [-0.15, -0.1) is 34.0 Å². The summed E-state index contributed by atoms with van der Waals surface area (Å²) in [5, 5.41) is 6.62. The summed E-state index contributed by atoms with van der Waals surface area (Å²) in [6, 6.07) is 10.7. The molecule has 1 aromatic carbocycles. The first-order valence-electron chi connectivity index (χ1n) is 11.4. The van der Waals surface area contributed by atoms with Crippen molar-refractivity contribution in [3.8, 4) is 10.6 Å². The van der Waals surface area contributed by atoms with E-state index in [0.717, 1.165) is 51.5 Å². The molecular formula is C24H23N3O3S4. The third kappa shape index (κ3) is 3.81. The molecule has 10 heteroatoms. The molecule has 1 N–H and O–H groups in total. The van der Waals surface area contributed by atoms with E-state index in [0.29, 0.717) is 19.4 Å². The SMILES string of the molecule is O=C(Nc1sc2c(c1-c1nc3ccccc3s1)CCCC2)[C@@H]1CCCN1S(=O)(=O)c1cccs1. The van der Waals surface area contributed by atoms with Gasteiger partial charge in [-0.1, -0.05) is 18.2 Å². The van der Waals surface area contributed by atoms with Crippen molar-refractivity contribution in [3.05, 3.63) is 52.2 Å². The molecule has 1 atom stereocenters. The highest BCUT2D eigenvalue weighted by molar-refractivity contribution is 7.91. The fourth-order valence-corrected chi connectivity index (χ4v) is 10.0. The van der Waals surface area contributed by atoms with Crippen molar-refractivity contribution in [3.63, 3.8) is 0 Å². The number of thiophene rings is 2. The monoisotopic (exact) mass is 529 g/mol. The van der Waals surface area contributed by atoms with Crippen LogP contribution in [0.2, 0.25) is 0 Å². The van der Waals surface area contributed by atoms with Crippen molar-refractivity contribution < 1.29 is 13.2 Å². The van der Waals surface area contributed by atoms with E-state index >= 15 is 0 Å². The molecule has 3 aromatic heterocycles. The molecule has 0 bridgehead atoms. The van der Waals surface area contributed by atoms with E-state index in [-0.39, 0.29) is 10.1 Å². The molecule has 4 aromatic rings. The van der Waals surface area contributed by atoms with Crippen LogP contribution in [0.4, 0.5) is 5.00 Å². The molecule has 1 aliphatic carbocycles. The molecule has 176 valence electrons. The van der Waals surface area contributed by atoms with Gasteiger partial charge in [0, 0.05) is 17.0 Å². The molecule has 6 rings (SSSR count). The van der Waals surface area contributed by atoms with Crippen molar-refractivity contribution >= 4 is 65.2 Å². The number of carbonyl (C=O) groups excluding carboxylic acids is 1. The van der Waals surface area contributed by atoms with Crippen molar-refractivity contribution in [2.75, 3.05) is 11.9 Å². The van der Waals surface area contributed by atoms with E-state index in [1.54, 1.807) is 40.2 Å². The number of amides is 1. The Morgan fingerprint density at radius 3 is 2.74 bits per heavy atom. The summed E-state index contributed by atoms with van der Waals surface area (Å²) in [5.74, 6) is -0.251. The molecule has 1 fully saturated rings. The van der Waals surface area contributed by atoms with Crippen LogP contribution in [0.1, 0.15) is 36.1 Å². The van der Waals surface area contributed by atoms with Gasteiger partial charge in [-0.25, -0.2) is 13.4 Å². The number of nitrogens with zero attached hydrogens (tertiary/aromatic N) is 2. The largest absolute Gasteiger partial charge is 0.316 e. The number of benzene rings is 1. The van der Waals surface area contributed by atoms with Crippen molar-refractivity contribution in [1.29, 1.82) is 0 Å². The van der Waals surface area contributed by atoms with Gasteiger partial charge in [0.05, 0.1) is 10.2 Å². The minimum absolute atomic E-state index is 0.251. The van der Waals surface area contributed by atoms with Crippen LogP contribution >= 0.6 is 34.0 Å².